The van der Waals surface area contributed by atoms with E-state index in [1.54, 1.807) is 0 Å². The lowest BCUT2D eigenvalue weighted by Gasteiger charge is -2.29. The monoisotopic (exact) mass is 251 g/mol. The van der Waals surface area contributed by atoms with Crippen molar-refractivity contribution in [3.63, 3.8) is 0 Å². The summed E-state index contributed by atoms with van der Waals surface area (Å²) in [5, 5.41) is 9.81. The van der Waals surface area contributed by atoms with Crippen LogP contribution in [-0.4, -0.2) is 11.7 Å². The summed E-state index contributed by atoms with van der Waals surface area (Å²) in [7, 11) is 0. The van der Waals surface area contributed by atoms with Crippen molar-refractivity contribution in [1.82, 2.24) is 0 Å². The van der Waals surface area contributed by atoms with Crippen molar-refractivity contribution in [1.29, 1.82) is 0 Å². The molecule has 1 saturated carbocycles. The average Bonchev–Trinajstić information content (AvgIpc) is 2.40. The number of aromatic hydroxyl groups is 1. The van der Waals surface area contributed by atoms with Gasteiger partial charge in [-0.1, -0.05) is 0 Å². The van der Waals surface area contributed by atoms with E-state index in [2.05, 4.69) is 0 Å². The molecular weight excluding hydrogens is 229 g/mol. The third-order valence-corrected chi connectivity index (χ3v) is 4.09. The third-order valence-electron chi connectivity index (χ3n) is 4.09. The fraction of sp³-hybridized carbons (Fsp3) is 0.600. The molecule has 0 aliphatic heterocycles. The van der Waals surface area contributed by atoms with E-state index in [4.69, 9.17) is 5.73 Å². The normalized spacial score (nSPS) is 24.1. The molecule has 1 aromatic carbocycles. The minimum absolute atomic E-state index is 0.238. The van der Waals surface area contributed by atoms with Crippen molar-refractivity contribution >= 4 is 0 Å². The van der Waals surface area contributed by atoms with E-state index in [1.165, 1.54) is 37.5 Å². The first kappa shape index (κ1) is 13.3. The molecule has 0 spiro atoms. The molecule has 0 saturated heterocycles. The molecule has 1 fully saturated rings. The summed E-state index contributed by atoms with van der Waals surface area (Å²) in [4.78, 5) is 0. The average molecular weight is 251 g/mol. The van der Waals surface area contributed by atoms with Crippen molar-refractivity contribution in [3.05, 3.63) is 29.6 Å². The first-order valence-corrected chi connectivity index (χ1v) is 6.89. The van der Waals surface area contributed by atoms with Gasteiger partial charge in [-0.15, -0.1) is 0 Å². The second kappa shape index (κ2) is 6.19. The van der Waals surface area contributed by atoms with Crippen LogP contribution in [0, 0.1) is 11.7 Å². The predicted octanol–water partition coefficient (Wildman–Crippen LogP) is 3.54. The van der Waals surface area contributed by atoms with E-state index in [1.807, 2.05) is 0 Å². The van der Waals surface area contributed by atoms with Gasteiger partial charge in [-0.25, -0.2) is 4.39 Å². The summed E-state index contributed by atoms with van der Waals surface area (Å²) in [5.74, 6) is 1.06. The van der Waals surface area contributed by atoms with E-state index in [-0.39, 0.29) is 11.6 Å². The Balaban J connectivity index is 1.94. The zero-order chi connectivity index (χ0) is 13.0. The lowest BCUT2D eigenvalue weighted by atomic mass is 9.77. The predicted molar refractivity (Wildman–Crippen MR) is 71.1 cm³/mol. The molecule has 0 unspecified atom stereocenters. The molecule has 0 amide bonds. The van der Waals surface area contributed by atoms with E-state index in [0.29, 0.717) is 5.92 Å². The Hall–Kier alpha value is -1.09. The summed E-state index contributed by atoms with van der Waals surface area (Å²) in [6.45, 7) is 0.768. The summed E-state index contributed by atoms with van der Waals surface area (Å²) in [5.41, 5.74) is 6.31. The van der Waals surface area contributed by atoms with Crippen molar-refractivity contribution in [2.75, 3.05) is 6.54 Å². The molecule has 0 radical (unpaired) electrons. The van der Waals surface area contributed by atoms with Crippen LogP contribution in [-0.2, 0) is 0 Å². The first-order chi connectivity index (χ1) is 8.70. The van der Waals surface area contributed by atoms with Crippen LogP contribution >= 0.6 is 0 Å². The van der Waals surface area contributed by atoms with Crippen LogP contribution in [0.5, 0.6) is 5.75 Å². The van der Waals surface area contributed by atoms with Crippen LogP contribution in [0.15, 0.2) is 18.2 Å². The van der Waals surface area contributed by atoms with Gasteiger partial charge >= 0.3 is 0 Å². The highest BCUT2D eigenvalue weighted by atomic mass is 19.1. The lowest BCUT2D eigenvalue weighted by molar-refractivity contribution is 0.301. The Kier molecular flexibility index (Phi) is 4.59. The molecule has 3 N–H and O–H groups in total. The van der Waals surface area contributed by atoms with Crippen LogP contribution < -0.4 is 5.73 Å². The molecule has 3 heteroatoms. The van der Waals surface area contributed by atoms with Gasteiger partial charge in [0.2, 0.25) is 0 Å². The molecule has 2 nitrogen and oxygen atoms in total. The third kappa shape index (κ3) is 3.22. The number of halogens is 1. The molecule has 2 rings (SSSR count). The Labute approximate surface area is 108 Å². The molecule has 1 aromatic rings. The standard InChI is InChI=1S/C15H22FNO/c16-13-7-8-15(18)14(10-13)12-5-3-11(4-6-12)2-1-9-17/h7-8,10-12,18H,1-6,9,17H2. The number of benzene rings is 1. The smallest absolute Gasteiger partial charge is 0.123 e. The Morgan fingerprint density at radius 3 is 2.61 bits per heavy atom. The van der Waals surface area contributed by atoms with Gasteiger partial charge in [0.25, 0.3) is 0 Å². The number of rotatable bonds is 4. The highest BCUT2D eigenvalue weighted by Gasteiger charge is 2.24. The molecule has 18 heavy (non-hydrogen) atoms. The number of nitrogens with two attached hydrogens (primary N) is 1. The van der Waals surface area contributed by atoms with E-state index >= 15 is 0 Å². The molecule has 1 aliphatic rings. The van der Waals surface area contributed by atoms with Crippen LogP contribution in [0.4, 0.5) is 4.39 Å². The van der Waals surface area contributed by atoms with E-state index < -0.39 is 0 Å². The van der Waals surface area contributed by atoms with Gasteiger partial charge in [-0.3, -0.25) is 0 Å². The van der Waals surface area contributed by atoms with Gasteiger partial charge < -0.3 is 10.8 Å². The largest absolute Gasteiger partial charge is 0.508 e. The van der Waals surface area contributed by atoms with Crippen molar-refractivity contribution in [2.45, 2.75) is 44.4 Å². The first-order valence-electron chi connectivity index (χ1n) is 6.89. The Morgan fingerprint density at radius 2 is 1.94 bits per heavy atom. The van der Waals surface area contributed by atoms with Crippen LogP contribution in [0.2, 0.25) is 0 Å². The second-order valence-corrected chi connectivity index (χ2v) is 5.35. The Morgan fingerprint density at radius 1 is 1.22 bits per heavy atom. The fourth-order valence-corrected chi connectivity index (χ4v) is 3.02. The quantitative estimate of drug-likeness (QED) is 0.859. The van der Waals surface area contributed by atoms with Gasteiger partial charge in [-0.05, 0) is 80.7 Å². The molecule has 0 heterocycles. The molecule has 100 valence electrons. The SMILES string of the molecule is NCCCC1CCC(c2cc(F)ccc2O)CC1. The summed E-state index contributed by atoms with van der Waals surface area (Å²) >= 11 is 0. The van der Waals surface area contributed by atoms with E-state index in [0.717, 1.165) is 37.3 Å². The van der Waals surface area contributed by atoms with Crippen molar-refractivity contribution in [2.24, 2.45) is 11.7 Å². The molecule has 0 aromatic heterocycles. The number of phenols is 1. The van der Waals surface area contributed by atoms with Gasteiger partial charge in [0.1, 0.15) is 11.6 Å². The zero-order valence-corrected chi connectivity index (χ0v) is 10.7. The Bertz CT molecular complexity index is 386. The number of hydrogen-bond acceptors (Lipinski definition) is 2. The maximum Gasteiger partial charge on any atom is 0.123 e. The molecule has 1 aliphatic carbocycles. The maximum atomic E-state index is 13.2. The zero-order valence-electron chi connectivity index (χ0n) is 10.7. The van der Waals surface area contributed by atoms with Crippen LogP contribution in [0.25, 0.3) is 0 Å². The van der Waals surface area contributed by atoms with Crippen molar-refractivity contribution < 1.29 is 9.50 Å². The minimum atomic E-state index is -0.256. The minimum Gasteiger partial charge on any atom is -0.508 e. The van der Waals surface area contributed by atoms with Crippen LogP contribution in [0.1, 0.15) is 50.0 Å². The maximum absolute atomic E-state index is 13.2. The van der Waals surface area contributed by atoms with Gasteiger partial charge in [0.05, 0.1) is 0 Å². The summed E-state index contributed by atoms with van der Waals surface area (Å²) < 4.78 is 13.2. The lowest BCUT2D eigenvalue weighted by Crippen LogP contribution is -2.14. The number of hydrogen-bond donors (Lipinski definition) is 2. The highest BCUT2D eigenvalue weighted by Crippen LogP contribution is 2.40. The second-order valence-electron chi connectivity index (χ2n) is 5.35. The summed E-state index contributed by atoms with van der Waals surface area (Å²) in [6, 6.07) is 4.26. The molecule has 0 atom stereocenters. The van der Waals surface area contributed by atoms with Gasteiger partial charge in [-0.2, -0.15) is 0 Å². The molecule has 0 bridgehead atoms. The highest BCUT2D eigenvalue weighted by molar-refractivity contribution is 5.35. The topological polar surface area (TPSA) is 46.2 Å². The van der Waals surface area contributed by atoms with Crippen LogP contribution in [0.3, 0.4) is 0 Å². The van der Waals surface area contributed by atoms with Crippen molar-refractivity contribution in [3.8, 4) is 5.75 Å². The fourth-order valence-electron chi connectivity index (χ4n) is 3.02. The van der Waals surface area contributed by atoms with Gasteiger partial charge in [0.15, 0.2) is 0 Å². The number of phenolic OH excluding ortho intramolecular Hbond substituents is 1. The summed E-state index contributed by atoms with van der Waals surface area (Å²) in [6.07, 6.45) is 6.73. The van der Waals surface area contributed by atoms with Gasteiger partial charge in [0, 0.05) is 0 Å². The molecular formula is C15H22FNO. The van der Waals surface area contributed by atoms with E-state index in [9.17, 15) is 9.50 Å².